The number of pyridine rings is 1. The van der Waals surface area contributed by atoms with Crippen molar-refractivity contribution in [1.82, 2.24) is 24.7 Å². The highest BCUT2D eigenvalue weighted by atomic mass is 16.2. The van der Waals surface area contributed by atoms with Crippen molar-refractivity contribution < 1.29 is 14.4 Å². The van der Waals surface area contributed by atoms with Crippen LogP contribution in [-0.4, -0.2) is 69.5 Å². The molecule has 0 spiro atoms. The lowest BCUT2D eigenvalue weighted by Gasteiger charge is -2.40. The van der Waals surface area contributed by atoms with Crippen LogP contribution in [0.2, 0.25) is 0 Å². The fourth-order valence-corrected chi connectivity index (χ4v) is 4.21. The standard InChI is InChI=1S/C21H28N6O3/c1-14(2)20(29)25-9-8-24(12-15(25)3)13-16-4-7-27-17(10-16)18(11-22-27)26-6-5-19(28)23-21(26)30/h4,7,10-11,14-15H,5-6,8-9,12-13H2,1-3H3,(H,23,28,30)/t15-/m0/s1. The number of piperazine rings is 1. The van der Waals surface area contributed by atoms with Gasteiger partial charge in [-0.2, -0.15) is 5.10 Å². The first kappa shape index (κ1) is 20.3. The molecule has 30 heavy (non-hydrogen) atoms. The molecule has 9 heteroatoms. The number of fused-ring (bicyclic) bond motifs is 1. The van der Waals surface area contributed by atoms with Gasteiger partial charge in [0.25, 0.3) is 0 Å². The van der Waals surface area contributed by atoms with Crippen LogP contribution in [0.3, 0.4) is 0 Å². The number of nitrogens with one attached hydrogen (secondary N) is 1. The summed E-state index contributed by atoms with van der Waals surface area (Å²) in [5, 5.41) is 6.70. The Hall–Kier alpha value is -2.94. The van der Waals surface area contributed by atoms with Crippen molar-refractivity contribution in [1.29, 1.82) is 0 Å². The average Bonchev–Trinajstić information content (AvgIpc) is 3.10. The van der Waals surface area contributed by atoms with Crippen LogP contribution < -0.4 is 10.2 Å². The number of urea groups is 1. The third-order valence-electron chi connectivity index (χ3n) is 5.81. The van der Waals surface area contributed by atoms with E-state index in [0.29, 0.717) is 12.2 Å². The lowest BCUT2D eigenvalue weighted by molar-refractivity contribution is -0.139. The van der Waals surface area contributed by atoms with Crippen LogP contribution in [0.25, 0.3) is 5.52 Å². The highest BCUT2D eigenvalue weighted by Crippen LogP contribution is 2.25. The Labute approximate surface area is 175 Å². The zero-order chi connectivity index (χ0) is 21.4. The molecule has 2 aromatic heterocycles. The number of carbonyl (C=O) groups is 3. The van der Waals surface area contributed by atoms with Gasteiger partial charge < -0.3 is 4.90 Å². The molecule has 2 aromatic rings. The maximum Gasteiger partial charge on any atom is 0.328 e. The number of carbonyl (C=O) groups excluding carboxylic acids is 3. The predicted octanol–water partition coefficient (Wildman–Crippen LogP) is 1.47. The number of nitrogens with zero attached hydrogens (tertiary/aromatic N) is 5. The van der Waals surface area contributed by atoms with Gasteiger partial charge in [-0.15, -0.1) is 0 Å². The minimum absolute atomic E-state index is 0.0176. The molecular weight excluding hydrogens is 384 g/mol. The van der Waals surface area contributed by atoms with Gasteiger partial charge in [0.15, 0.2) is 0 Å². The zero-order valence-electron chi connectivity index (χ0n) is 17.7. The Kier molecular flexibility index (Phi) is 5.46. The molecule has 9 nitrogen and oxygen atoms in total. The number of hydrogen-bond donors (Lipinski definition) is 1. The predicted molar refractivity (Wildman–Crippen MR) is 112 cm³/mol. The van der Waals surface area contributed by atoms with E-state index in [1.54, 1.807) is 15.6 Å². The summed E-state index contributed by atoms with van der Waals surface area (Å²) in [5.74, 6) is -0.0210. The molecule has 4 heterocycles. The Bertz CT molecular complexity index is 984. The summed E-state index contributed by atoms with van der Waals surface area (Å²) >= 11 is 0. The third kappa shape index (κ3) is 3.89. The minimum Gasteiger partial charge on any atom is -0.337 e. The van der Waals surface area contributed by atoms with Crippen molar-refractivity contribution in [2.45, 2.75) is 39.8 Å². The second-order valence-electron chi connectivity index (χ2n) is 8.42. The van der Waals surface area contributed by atoms with Gasteiger partial charge in [-0.25, -0.2) is 9.31 Å². The number of rotatable bonds is 4. The lowest BCUT2D eigenvalue weighted by Crippen LogP contribution is -2.54. The summed E-state index contributed by atoms with van der Waals surface area (Å²) < 4.78 is 1.74. The quantitative estimate of drug-likeness (QED) is 0.821. The van der Waals surface area contributed by atoms with Gasteiger partial charge in [-0.3, -0.25) is 24.7 Å². The van der Waals surface area contributed by atoms with Crippen LogP contribution in [0.5, 0.6) is 0 Å². The molecule has 0 saturated carbocycles. The Morgan fingerprint density at radius 1 is 1.27 bits per heavy atom. The Morgan fingerprint density at radius 2 is 2.07 bits per heavy atom. The molecule has 1 atom stereocenters. The van der Waals surface area contributed by atoms with Gasteiger partial charge in [0.2, 0.25) is 11.8 Å². The van der Waals surface area contributed by atoms with Crippen LogP contribution >= 0.6 is 0 Å². The van der Waals surface area contributed by atoms with E-state index in [-0.39, 0.29) is 30.2 Å². The van der Waals surface area contributed by atoms with Crippen LogP contribution in [0.4, 0.5) is 10.5 Å². The van der Waals surface area contributed by atoms with Crippen LogP contribution in [0.15, 0.2) is 24.5 Å². The molecular formula is C21H28N6O3. The first-order chi connectivity index (χ1) is 14.3. The average molecular weight is 412 g/mol. The van der Waals surface area contributed by atoms with E-state index < -0.39 is 6.03 Å². The lowest BCUT2D eigenvalue weighted by atomic mass is 10.1. The molecule has 2 saturated heterocycles. The number of aromatic nitrogens is 2. The van der Waals surface area contributed by atoms with E-state index in [1.807, 2.05) is 37.1 Å². The number of imide groups is 1. The van der Waals surface area contributed by atoms with Crippen LogP contribution in [0, 0.1) is 5.92 Å². The molecule has 2 aliphatic heterocycles. The maximum absolute atomic E-state index is 12.4. The van der Waals surface area contributed by atoms with E-state index in [2.05, 4.69) is 22.2 Å². The van der Waals surface area contributed by atoms with Crippen molar-refractivity contribution >= 4 is 29.0 Å². The Morgan fingerprint density at radius 3 is 2.77 bits per heavy atom. The molecule has 2 aliphatic rings. The Balaban J connectivity index is 1.49. The normalized spacial score (nSPS) is 20.9. The topological polar surface area (TPSA) is 90.3 Å². The SMILES string of the molecule is CC(C)C(=O)N1CCN(Cc2ccn3ncc(N4CCC(=O)NC4=O)c3c2)C[C@@H]1C. The molecule has 0 radical (unpaired) electrons. The molecule has 0 aromatic carbocycles. The fraction of sp³-hybridized carbons (Fsp3) is 0.524. The van der Waals surface area contributed by atoms with E-state index in [0.717, 1.165) is 37.3 Å². The van der Waals surface area contributed by atoms with Crippen LogP contribution in [-0.2, 0) is 16.1 Å². The first-order valence-corrected chi connectivity index (χ1v) is 10.4. The summed E-state index contributed by atoms with van der Waals surface area (Å²) in [6.07, 6.45) is 3.83. The summed E-state index contributed by atoms with van der Waals surface area (Å²) in [7, 11) is 0. The zero-order valence-corrected chi connectivity index (χ0v) is 17.7. The van der Waals surface area contributed by atoms with Gasteiger partial charge in [0.1, 0.15) is 0 Å². The van der Waals surface area contributed by atoms with E-state index in [4.69, 9.17) is 0 Å². The third-order valence-corrected chi connectivity index (χ3v) is 5.81. The molecule has 160 valence electrons. The number of anilines is 1. The molecule has 4 amide bonds. The van der Waals surface area contributed by atoms with Crippen molar-refractivity contribution in [2.75, 3.05) is 31.1 Å². The van der Waals surface area contributed by atoms with Crippen molar-refractivity contribution in [3.8, 4) is 0 Å². The van der Waals surface area contributed by atoms with Crippen molar-refractivity contribution in [3.63, 3.8) is 0 Å². The summed E-state index contributed by atoms with van der Waals surface area (Å²) in [6, 6.07) is 3.84. The van der Waals surface area contributed by atoms with Gasteiger partial charge in [-0.05, 0) is 24.6 Å². The maximum atomic E-state index is 12.4. The van der Waals surface area contributed by atoms with Gasteiger partial charge in [0.05, 0.1) is 17.4 Å². The second kappa shape index (κ2) is 8.06. The second-order valence-corrected chi connectivity index (χ2v) is 8.42. The summed E-state index contributed by atoms with van der Waals surface area (Å²) in [5.41, 5.74) is 2.65. The van der Waals surface area contributed by atoms with Crippen molar-refractivity contribution in [2.24, 2.45) is 5.92 Å². The minimum atomic E-state index is -0.411. The smallest absolute Gasteiger partial charge is 0.328 e. The number of amides is 4. The molecule has 4 rings (SSSR count). The monoisotopic (exact) mass is 412 g/mol. The highest BCUT2D eigenvalue weighted by molar-refractivity contribution is 6.07. The summed E-state index contributed by atoms with van der Waals surface area (Å²) in [6.45, 7) is 9.49. The van der Waals surface area contributed by atoms with Crippen LogP contribution in [0.1, 0.15) is 32.8 Å². The molecule has 0 unspecified atom stereocenters. The van der Waals surface area contributed by atoms with Gasteiger partial charge >= 0.3 is 6.03 Å². The number of hydrogen-bond acceptors (Lipinski definition) is 5. The van der Waals surface area contributed by atoms with E-state index in [9.17, 15) is 14.4 Å². The molecule has 0 bridgehead atoms. The summed E-state index contributed by atoms with van der Waals surface area (Å²) in [4.78, 5) is 41.9. The largest absolute Gasteiger partial charge is 0.337 e. The molecule has 1 N–H and O–H groups in total. The van der Waals surface area contributed by atoms with E-state index >= 15 is 0 Å². The van der Waals surface area contributed by atoms with E-state index in [1.165, 1.54) is 0 Å². The van der Waals surface area contributed by atoms with Gasteiger partial charge in [0, 0.05) is 57.3 Å². The van der Waals surface area contributed by atoms with Gasteiger partial charge in [-0.1, -0.05) is 13.8 Å². The molecule has 2 fully saturated rings. The highest BCUT2D eigenvalue weighted by Gasteiger charge is 2.29. The fourth-order valence-electron chi connectivity index (χ4n) is 4.21. The molecule has 0 aliphatic carbocycles. The first-order valence-electron chi connectivity index (χ1n) is 10.4. The van der Waals surface area contributed by atoms with Crippen molar-refractivity contribution in [3.05, 3.63) is 30.1 Å².